The van der Waals surface area contributed by atoms with E-state index in [1.54, 1.807) is 13.8 Å². The summed E-state index contributed by atoms with van der Waals surface area (Å²) in [5.74, 6) is -2.44. The van der Waals surface area contributed by atoms with Crippen LogP contribution in [0.25, 0.3) is 0 Å². The number of amides is 1. The first-order chi connectivity index (χ1) is 8.43. The summed E-state index contributed by atoms with van der Waals surface area (Å²) in [6.07, 6.45) is 1.13. The van der Waals surface area contributed by atoms with E-state index in [1.807, 2.05) is 0 Å². The molecule has 0 aromatic carbocycles. The Morgan fingerprint density at radius 2 is 1.78 bits per heavy atom. The van der Waals surface area contributed by atoms with E-state index in [-0.39, 0.29) is 19.1 Å². The standard InChI is InChI=1S/C12H19NO5/c1-5-10(14)13-6-7-18-12(16)9(3)8(2)11(15)17-4/h5,8-9H,1,6-7H2,2-4H3,(H,13,14). The molecule has 0 rings (SSSR count). The first-order valence-corrected chi connectivity index (χ1v) is 5.58. The largest absolute Gasteiger partial charge is 0.469 e. The smallest absolute Gasteiger partial charge is 0.309 e. The van der Waals surface area contributed by atoms with E-state index in [4.69, 9.17) is 4.74 Å². The number of rotatable bonds is 7. The molecule has 0 spiro atoms. The number of hydrogen-bond acceptors (Lipinski definition) is 5. The van der Waals surface area contributed by atoms with Gasteiger partial charge in [0.2, 0.25) is 5.91 Å². The van der Waals surface area contributed by atoms with Crippen molar-refractivity contribution in [1.29, 1.82) is 0 Å². The molecule has 0 heterocycles. The Morgan fingerprint density at radius 3 is 2.28 bits per heavy atom. The van der Waals surface area contributed by atoms with E-state index < -0.39 is 23.8 Å². The molecule has 0 aromatic heterocycles. The molecular formula is C12H19NO5. The molecule has 102 valence electrons. The Balaban J connectivity index is 3.98. The predicted molar refractivity (Wildman–Crippen MR) is 64.5 cm³/mol. The summed E-state index contributed by atoms with van der Waals surface area (Å²) in [7, 11) is 1.27. The summed E-state index contributed by atoms with van der Waals surface area (Å²) in [6.45, 7) is 6.72. The summed E-state index contributed by atoms with van der Waals surface area (Å²) in [4.78, 5) is 33.6. The topological polar surface area (TPSA) is 81.7 Å². The van der Waals surface area contributed by atoms with Crippen LogP contribution in [0.4, 0.5) is 0 Å². The van der Waals surface area contributed by atoms with E-state index >= 15 is 0 Å². The molecule has 0 bridgehead atoms. The maximum absolute atomic E-state index is 11.6. The second-order valence-electron chi connectivity index (χ2n) is 3.76. The highest BCUT2D eigenvalue weighted by atomic mass is 16.5. The Hall–Kier alpha value is -1.85. The van der Waals surface area contributed by atoms with Crippen molar-refractivity contribution in [3.05, 3.63) is 12.7 Å². The fourth-order valence-electron chi connectivity index (χ4n) is 1.12. The fraction of sp³-hybridized carbons (Fsp3) is 0.583. The fourth-order valence-corrected chi connectivity index (χ4v) is 1.12. The van der Waals surface area contributed by atoms with Crippen molar-refractivity contribution in [2.24, 2.45) is 11.8 Å². The number of ether oxygens (including phenoxy) is 2. The van der Waals surface area contributed by atoms with Gasteiger partial charge in [0.05, 0.1) is 25.5 Å². The number of carbonyl (C=O) groups is 3. The normalized spacial score (nSPS) is 13.1. The number of methoxy groups -OCH3 is 1. The first-order valence-electron chi connectivity index (χ1n) is 5.58. The monoisotopic (exact) mass is 257 g/mol. The van der Waals surface area contributed by atoms with Crippen molar-refractivity contribution >= 4 is 17.8 Å². The van der Waals surface area contributed by atoms with Crippen LogP contribution >= 0.6 is 0 Å². The highest BCUT2D eigenvalue weighted by Gasteiger charge is 2.27. The zero-order valence-corrected chi connectivity index (χ0v) is 10.9. The Kier molecular flexibility index (Phi) is 7.42. The Morgan fingerprint density at radius 1 is 1.22 bits per heavy atom. The third kappa shape index (κ3) is 5.47. The molecule has 1 N–H and O–H groups in total. The molecule has 0 saturated carbocycles. The van der Waals surface area contributed by atoms with Gasteiger partial charge in [-0.25, -0.2) is 0 Å². The summed E-state index contributed by atoms with van der Waals surface area (Å²) < 4.78 is 9.46. The van der Waals surface area contributed by atoms with Gasteiger partial charge in [-0.3, -0.25) is 14.4 Å². The second-order valence-corrected chi connectivity index (χ2v) is 3.76. The molecule has 2 atom stereocenters. The van der Waals surface area contributed by atoms with E-state index in [1.165, 1.54) is 7.11 Å². The van der Waals surface area contributed by atoms with E-state index in [0.717, 1.165) is 6.08 Å². The lowest BCUT2D eigenvalue weighted by Gasteiger charge is -2.16. The molecule has 0 aliphatic heterocycles. The molecule has 0 radical (unpaired) electrons. The van der Waals surface area contributed by atoms with Crippen LogP contribution in [0.15, 0.2) is 12.7 Å². The maximum atomic E-state index is 11.6. The van der Waals surface area contributed by atoms with Crippen LogP contribution in [0.3, 0.4) is 0 Å². The van der Waals surface area contributed by atoms with Gasteiger partial charge in [0.25, 0.3) is 0 Å². The van der Waals surface area contributed by atoms with Gasteiger partial charge in [-0.15, -0.1) is 0 Å². The summed E-state index contributed by atoms with van der Waals surface area (Å²) in [5, 5.41) is 2.46. The average Bonchev–Trinajstić information content (AvgIpc) is 2.40. The van der Waals surface area contributed by atoms with Gasteiger partial charge in [-0.05, 0) is 6.08 Å². The summed E-state index contributed by atoms with van der Waals surface area (Å²) in [5.41, 5.74) is 0. The highest BCUT2D eigenvalue weighted by molar-refractivity contribution is 5.86. The van der Waals surface area contributed by atoms with Gasteiger partial charge < -0.3 is 14.8 Å². The van der Waals surface area contributed by atoms with E-state index in [2.05, 4.69) is 16.6 Å². The average molecular weight is 257 g/mol. The van der Waals surface area contributed by atoms with Crippen LogP contribution < -0.4 is 5.32 Å². The quantitative estimate of drug-likeness (QED) is 0.402. The van der Waals surface area contributed by atoms with Crippen LogP contribution in [0, 0.1) is 11.8 Å². The molecule has 0 fully saturated rings. The van der Waals surface area contributed by atoms with Crippen molar-refractivity contribution in [3.8, 4) is 0 Å². The van der Waals surface area contributed by atoms with Gasteiger partial charge >= 0.3 is 11.9 Å². The number of hydrogen-bond donors (Lipinski definition) is 1. The predicted octanol–water partition coefficient (Wildman–Crippen LogP) is 0.277. The minimum atomic E-state index is -0.590. The zero-order valence-electron chi connectivity index (χ0n) is 10.9. The highest BCUT2D eigenvalue weighted by Crippen LogP contribution is 2.14. The van der Waals surface area contributed by atoms with E-state index in [0.29, 0.717) is 0 Å². The molecule has 1 amide bonds. The second kappa shape index (κ2) is 8.27. The molecular weight excluding hydrogens is 238 g/mol. The minimum absolute atomic E-state index is 0.0522. The molecule has 2 unspecified atom stereocenters. The molecule has 0 aliphatic carbocycles. The maximum Gasteiger partial charge on any atom is 0.309 e. The van der Waals surface area contributed by atoms with Gasteiger partial charge in [-0.1, -0.05) is 20.4 Å². The van der Waals surface area contributed by atoms with E-state index in [9.17, 15) is 14.4 Å². The van der Waals surface area contributed by atoms with Gasteiger partial charge in [-0.2, -0.15) is 0 Å². The Bertz CT molecular complexity index is 326. The number of nitrogens with one attached hydrogen (secondary N) is 1. The first kappa shape index (κ1) is 16.1. The van der Waals surface area contributed by atoms with Crippen LogP contribution in [0.5, 0.6) is 0 Å². The minimum Gasteiger partial charge on any atom is -0.469 e. The van der Waals surface area contributed by atoms with Gasteiger partial charge in [0.15, 0.2) is 0 Å². The Labute approximate surface area is 106 Å². The molecule has 0 aliphatic rings. The molecule has 6 nitrogen and oxygen atoms in total. The summed E-state index contributed by atoms with van der Waals surface area (Å²) in [6, 6.07) is 0. The lowest BCUT2D eigenvalue weighted by molar-refractivity contribution is -0.157. The van der Waals surface area contributed by atoms with Crippen molar-refractivity contribution in [2.45, 2.75) is 13.8 Å². The SMILES string of the molecule is C=CC(=O)NCCOC(=O)C(C)C(C)C(=O)OC. The third-order valence-electron chi connectivity index (χ3n) is 2.53. The molecule has 0 saturated heterocycles. The van der Waals surface area contributed by atoms with Gasteiger partial charge in [0.1, 0.15) is 6.61 Å². The molecule has 18 heavy (non-hydrogen) atoms. The van der Waals surface area contributed by atoms with Crippen LogP contribution in [-0.4, -0.2) is 38.1 Å². The molecule has 6 heteroatoms. The molecule has 0 aromatic rings. The van der Waals surface area contributed by atoms with Crippen LogP contribution in [0.1, 0.15) is 13.8 Å². The number of esters is 2. The summed E-state index contributed by atoms with van der Waals surface area (Å²) >= 11 is 0. The van der Waals surface area contributed by atoms with Crippen LogP contribution in [0.2, 0.25) is 0 Å². The van der Waals surface area contributed by atoms with Crippen molar-refractivity contribution in [2.75, 3.05) is 20.3 Å². The lowest BCUT2D eigenvalue weighted by atomic mass is 9.96. The van der Waals surface area contributed by atoms with Crippen molar-refractivity contribution in [1.82, 2.24) is 5.32 Å². The van der Waals surface area contributed by atoms with Gasteiger partial charge in [0, 0.05) is 0 Å². The zero-order chi connectivity index (χ0) is 14.1. The third-order valence-corrected chi connectivity index (χ3v) is 2.53. The van der Waals surface area contributed by atoms with Crippen molar-refractivity contribution in [3.63, 3.8) is 0 Å². The lowest BCUT2D eigenvalue weighted by Crippen LogP contribution is -2.31. The van der Waals surface area contributed by atoms with Crippen molar-refractivity contribution < 1.29 is 23.9 Å². The number of carbonyl (C=O) groups excluding carboxylic acids is 3. The van der Waals surface area contributed by atoms with Crippen LogP contribution in [-0.2, 0) is 23.9 Å².